The number of H-pyrrole nitrogens is 1. The zero-order valence-corrected chi connectivity index (χ0v) is 19.9. The van der Waals surface area contributed by atoms with Gasteiger partial charge < -0.3 is 29.6 Å². The van der Waals surface area contributed by atoms with Gasteiger partial charge in [0.25, 0.3) is 5.91 Å². The molecule has 1 aliphatic heterocycles. The lowest BCUT2D eigenvalue weighted by Crippen LogP contribution is -2.33. The van der Waals surface area contributed by atoms with Crippen molar-refractivity contribution in [3.8, 4) is 0 Å². The molecular weight excluding hydrogens is 466 g/mol. The summed E-state index contributed by atoms with van der Waals surface area (Å²) < 4.78 is 18.3. The third kappa shape index (κ3) is 5.54. The number of nitrogens with one attached hydrogen (secondary N) is 2. The summed E-state index contributed by atoms with van der Waals surface area (Å²) in [6.07, 6.45) is 1.87. The van der Waals surface area contributed by atoms with E-state index in [0.29, 0.717) is 25.5 Å². The first-order chi connectivity index (χ1) is 17.2. The van der Waals surface area contributed by atoms with Gasteiger partial charge in [-0.15, -0.1) is 11.3 Å². The molecule has 0 unspecified atom stereocenters. The molecule has 0 radical (unpaired) electrons. The van der Waals surface area contributed by atoms with Crippen LogP contribution in [0, 0.1) is 0 Å². The van der Waals surface area contributed by atoms with Crippen LogP contribution in [0.25, 0.3) is 21.1 Å². The Hall–Kier alpha value is -3.24. The molecule has 0 fully saturated rings. The maximum absolute atomic E-state index is 13.1. The number of aromatic amines is 1. The van der Waals surface area contributed by atoms with Crippen molar-refractivity contribution in [3.63, 3.8) is 0 Å². The van der Waals surface area contributed by atoms with Crippen LogP contribution in [0.4, 0.5) is 0 Å². The molecule has 2 aromatic heterocycles. The Morgan fingerprint density at radius 3 is 2.91 bits per heavy atom. The van der Waals surface area contributed by atoms with Crippen LogP contribution in [0.1, 0.15) is 23.7 Å². The van der Waals surface area contributed by atoms with Gasteiger partial charge in [0.1, 0.15) is 5.82 Å². The number of ether oxygens (including phenoxy) is 3. The Kier molecular flexibility index (Phi) is 7.39. The number of imidazole rings is 1. The normalized spacial score (nSPS) is 17.9. The van der Waals surface area contributed by atoms with Gasteiger partial charge in [-0.05, 0) is 40.6 Å². The molecule has 8 nitrogen and oxygen atoms in total. The first-order valence-corrected chi connectivity index (χ1v) is 12.5. The third-order valence-electron chi connectivity index (χ3n) is 5.81. The van der Waals surface area contributed by atoms with Crippen LogP contribution in [0.2, 0.25) is 0 Å². The largest absolute Gasteiger partial charge is 0.459 e. The molecule has 3 N–H and O–H groups in total. The van der Waals surface area contributed by atoms with E-state index in [1.54, 1.807) is 11.3 Å². The minimum absolute atomic E-state index is 0.0322. The number of thiophene rings is 1. The second-order valence-electron chi connectivity index (χ2n) is 8.20. The van der Waals surface area contributed by atoms with Crippen molar-refractivity contribution in [1.82, 2.24) is 15.3 Å². The molecule has 0 bridgehead atoms. The summed E-state index contributed by atoms with van der Waals surface area (Å²) in [5, 5.41) is 15.1. The fourth-order valence-corrected chi connectivity index (χ4v) is 5.19. The number of amides is 1. The molecule has 1 aliphatic rings. The van der Waals surface area contributed by atoms with Gasteiger partial charge in [-0.2, -0.15) is 0 Å². The van der Waals surface area contributed by atoms with Gasteiger partial charge in [-0.3, -0.25) is 4.79 Å². The lowest BCUT2D eigenvalue weighted by Gasteiger charge is -2.29. The van der Waals surface area contributed by atoms with Crippen LogP contribution < -0.4 is 5.32 Å². The van der Waals surface area contributed by atoms with Gasteiger partial charge in [-0.1, -0.05) is 30.3 Å². The van der Waals surface area contributed by atoms with Crippen LogP contribution in [0.15, 0.2) is 65.7 Å². The molecule has 5 rings (SSSR count). The van der Waals surface area contributed by atoms with E-state index in [1.807, 2.05) is 42.5 Å². The first kappa shape index (κ1) is 23.5. The number of para-hydroxylation sites is 2. The van der Waals surface area contributed by atoms with Crippen molar-refractivity contribution in [3.05, 3.63) is 77.1 Å². The van der Waals surface area contributed by atoms with Gasteiger partial charge >= 0.3 is 0 Å². The Morgan fingerprint density at radius 2 is 2.03 bits per heavy atom. The van der Waals surface area contributed by atoms with E-state index in [2.05, 4.69) is 32.8 Å². The number of carbonyl (C=O) groups excluding carboxylic acids is 1. The van der Waals surface area contributed by atoms with Crippen LogP contribution in [-0.2, 0) is 25.5 Å². The van der Waals surface area contributed by atoms with Gasteiger partial charge in [0, 0.05) is 17.0 Å². The van der Waals surface area contributed by atoms with E-state index < -0.39 is 6.29 Å². The summed E-state index contributed by atoms with van der Waals surface area (Å²) in [7, 11) is 0. The molecule has 2 aromatic carbocycles. The number of fused-ring (bicyclic) bond motifs is 2. The Labute approximate surface area is 206 Å². The summed E-state index contributed by atoms with van der Waals surface area (Å²) in [6.45, 7) is 1.11. The zero-order chi connectivity index (χ0) is 24.0. The molecule has 0 saturated carbocycles. The lowest BCUT2D eigenvalue weighted by atomic mass is 9.92. The number of hydrogen-bond donors (Lipinski definition) is 3. The number of hydrogen-bond acceptors (Lipinski definition) is 7. The average Bonchev–Trinajstić information content (AvgIpc) is 3.51. The van der Waals surface area contributed by atoms with Crippen LogP contribution in [-0.4, -0.2) is 53.7 Å². The molecule has 0 aliphatic carbocycles. The van der Waals surface area contributed by atoms with Crippen LogP contribution >= 0.6 is 11.3 Å². The quantitative estimate of drug-likeness (QED) is 0.290. The molecule has 3 heterocycles. The van der Waals surface area contributed by atoms with Gasteiger partial charge in [0.05, 0.1) is 44.0 Å². The fraction of sp³-hybridized carbons (Fsp3) is 0.308. The summed E-state index contributed by atoms with van der Waals surface area (Å²) in [4.78, 5) is 20.8. The second kappa shape index (κ2) is 11.0. The molecule has 4 aromatic rings. The van der Waals surface area contributed by atoms with Crippen LogP contribution in [0.5, 0.6) is 0 Å². The van der Waals surface area contributed by atoms with Crippen molar-refractivity contribution in [2.24, 2.45) is 0 Å². The molecule has 1 amide bonds. The number of aliphatic hydroxyl groups excluding tert-OH is 1. The first-order valence-electron chi connectivity index (χ1n) is 11.6. The number of nitrogens with zero attached hydrogens (tertiary/aromatic N) is 1. The fourth-order valence-electron chi connectivity index (χ4n) is 4.17. The van der Waals surface area contributed by atoms with E-state index in [1.165, 1.54) is 10.1 Å². The van der Waals surface area contributed by atoms with Gasteiger partial charge in [-0.25, -0.2) is 4.98 Å². The molecule has 0 spiro atoms. The summed E-state index contributed by atoms with van der Waals surface area (Å²) in [6, 6.07) is 16.0. The number of allylic oxidation sites excluding steroid dienone is 1. The number of carbonyl (C=O) groups is 1. The minimum Gasteiger partial charge on any atom is -0.459 e. The predicted octanol–water partition coefficient (Wildman–Crippen LogP) is 3.83. The maximum Gasteiger partial charge on any atom is 0.286 e. The third-order valence-corrected chi connectivity index (χ3v) is 6.80. The van der Waals surface area contributed by atoms with E-state index in [9.17, 15) is 4.79 Å². The van der Waals surface area contributed by atoms with Crippen molar-refractivity contribution in [2.45, 2.75) is 25.2 Å². The van der Waals surface area contributed by atoms with E-state index >= 15 is 0 Å². The zero-order valence-electron chi connectivity index (χ0n) is 19.1. The Bertz CT molecular complexity index is 1300. The molecule has 35 heavy (non-hydrogen) atoms. The van der Waals surface area contributed by atoms with Crippen molar-refractivity contribution in [1.29, 1.82) is 0 Å². The van der Waals surface area contributed by atoms with E-state index in [0.717, 1.165) is 16.6 Å². The van der Waals surface area contributed by atoms with Crippen LogP contribution in [0.3, 0.4) is 0 Å². The van der Waals surface area contributed by atoms with Crippen molar-refractivity contribution in [2.75, 3.05) is 26.4 Å². The standard InChI is InChI=1S/C26H27N3O5S/c30-9-10-32-11-12-33-25-14-17(19-16-35-23-8-4-1-5-18(19)23)13-22(34-25)26(31)27-15-24-28-20-6-2-3-7-21(20)29-24/h1-8,13,16-17,25,30H,9-12,14-15H2,(H,27,31)(H,28,29)/t17-,25+/m1/s1. The highest BCUT2D eigenvalue weighted by molar-refractivity contribution is 7.17. The number of benzene rings is 2. The maximum atomic E-state index is 13.1. The molecular formula is C26H27N3O5S. The van der Waals surface area contributed by atoms with Crippen molar-refractivity contribution >= 4 is 38.4 Å². The van der Waals surface area contributed by atoms with Gasteiger partial charge in [0.15, 0.2) is 5.76 Å². The highest BCUT2D eigenvalue weighted by Gasteiger charge is 2.30. The molecule has 2 atom stereocenters. The monoisotopic (exact) mass is 493 g/mol. The Morgan fingerprint density at radius 1 is 1.17 bits per heavy atom. The summed E-state index contributed by atoms with van der Waals surface area (Å²) >= 11 is 1.69. The van der Waals surface area contributed by atoms with E-state index in [-0.39, 0.29) is 37.3 Å². The molecule has 182 valence electrons. The summed E-state index contributed by atoms with van der Waals surface area (Å²) in [5.74, 6) is 0.550. The second-order valence-corrected chi connectivity index (χ2v) is 9.11. The number of aliphatic hydroxyl groups is 1. The van der Waals surface area contributed by atoms with Crippen molar-refractivity contribution < 1.29 is 24.1 Å². The smallest absolute Gasteiger partial charge is 0.286 e. The minimum atomic E-state index is -0.590. The predicted molar refractivity (Wildman–Crippen MR) is 134 cm³/mol. The van der Waals surface area contributed by atoms with E-state index in [4.69, 9.17) is 19.3 Å². The topological polar surface area (TPSA) is 106 Å². The highest BCUT2D eigenvalue weighted by atomic mass is 32.1. The number of aromatic nitrogens is 2. The highest BCUT2D eigenvalue weighted by Crippen LogP contribution is 2.38. The Balaban J connectivity index is 1.31. The van der Waals surface area contributed by atoms with Gasteiger partial charge in [0.2, 0.25) is 6.29 Å². The SMILES string of the molecule is O=C(NCc1nc2ccccc2[nH]1)C1=C[C@@H](c2csc3ccccc23)C[C@@H](OCCOCCO)O1. The molecule has 0 saturated heterocycles. The molecule has 9 heteroatoms. The summed E-state index contributed by atoms with van der Waals surface area (Å²) in [5.41, 5.74) is 2.93. The lowest BCUT2D eigenvalue weighted by molar-refractivity contribution is -0.151. The average molecular weight is 494 g/mol. The number of rotatable bonds is 10.